The maximum atomic E-state index is 13.3. The maximum Gasteiger partial charge on any atom is 0.407 e. The van der Waals surface area contributed by atoms with E-state index in [1.54, 1.807) is 30.3 Å². The third-order valence-corrected chi connectivity index (χ3v) is 9.20. The van der Waals surface area contributed by atoms with Crippen LogP contribution < -0.4 is 20.7 Å². The average molecular weight is 626 g/mol. The van der Waals surface area contributed by atoms with Gasteiger partial charge in [-0.25, -0.2) is 9.59 Å². The lowest BCUT2D eigenvalue weighted by atomic mass is 9.77. The molecule has 3 atom stereocenters. The molecule has 1 spiro atoms. The summed E-state index contributed by atoms with van der Waals surface area (Å²) < 4.78 is 17.6. The Balaban J connectivity index is 0.966. The van der Waals surface area contributed by atoms with Gasteiger partial charge in [0.05, 0.1) is 12.2 Å². The maximum absolute atomic E-state index is 13.3. The molecule has 10 nitrogen and oxygen atoms in total. The fourth-order valence-corrected chi connectivity index (χ4v) is 7.02. The number of rotatable bonds is 6. The highest BCUT2D eigenvalue weighted by atomic mass is 32.1. The van der Waals surface area contributed by atoms with E-state index >= 15 is 0 Å². The fourth-order valence-electron chi connectivity index (χ4n) is 6.80. The van der Waals surface area contributed by atoms with Crippen LogP contribution in [0.1, 0.15) is 52.7 Å². The molecule has 1 amide bonds. The minimum atomic E-state index is -1.33. The normalized spacial score (nSPS) is 21.1. The minimum Gasteiger partial charge on any atom is -0.508 e. The van der Waals surface area contributed by atoms with E-state index in [2.05, 4.69) is 27.8 Å². The third-order valence-electron chi connectivity index (χ3n) is 8.96. The van der Waals surface area contributed by atoms with E-state index in [1.807, 2.05) is 0 Å². The highest BCUT2D eigenvalue weighted by Gasteiger charge is 2.54. The third kappa shape index (κ3) is 5.36. The van der Waals surface area contributed by atoms with Crippen LogP contribution in [0.3, 0.4) is 0 Å². The number of carbonyl (C=O) groups is 2. The van der Waals surface area contributed by atoms with Crippen LogP contribution in [-0.4, -0.2) is 47.1 Å². The number of benzene rings is 3. The SMILES string of the molecule is O=C(NCCNC(=S)Nc1ccc2c(c1)C(=O)OC21c2ccc(O)cc2Oc2cc(O)ccc21)OCC1[C@H]2CCC#CCC[C@@H]12. The van der Waals surface area contributed by atoms with Gasteiger partial charge in [0.1, 0.15) is 23.0 Å². The Labute approximate surface area is 265 Å². The summed E-state index contributed by atoms with van der Waals surface area (Å²) in [6, 6.07) is 14.5. The average Bonchev–Trinajstić information content (AvgIpc) is 3.56. The number of phenolic OH excluding ortho intramolecular Hbond substituents is 2. The largest absolute Gasteiger partial charge is 0.508 e. The van der Waals surface area contributed by atoms with Gasteiger partial charge in [-0.3, -0.25) is 0 Å². The quantitative estimate of drug-likeness (QED) is 0.109. The molecule has 230 valence electrons. The molecular formula is C34H31N3O7S. The van der Waals surface area contributed by atoms with E-state index in [0.29, 0.717) is 82.0 Å². The summed E-state index contributed by atoms with van der Waals surface area (Å²) in [5, 5.41) is 29.4. The summed E-state index contributed by atoms with van der Waals surface area (Å²) in [6.45, 7) is 1.12. The highest BCUT2D eigenvalue weighted by molar-refractivity contribution is 7.80. The number of fused-ring (bicyclic) bond motifs is 7. The molecule has 4 aliphatic rings. The number of anilines is 1. The van der Waals surface area contributed by atoms with Gasteiger partial charge in [0, 0.05) is 60.4 Å². The Morgan fingerprint density at radius 3 is 2.20 bits per heavy atom. The summed E-state index contributed by atoms with van der Waals surface area (Å²) in [5.41, 5.74) is 1.25. The van der Waals surface area contributed by atoms with Gasteiger partial charge in [0.2, 0.25) is 0 Å². The van der Waals surface area contributed by atoms with E-state index < -0.39 is 17.7 Å². The lowest BCUT2D eigenvalue weighted by Crippen LogP contribution is -2.37. The zero-order chi connectivity index (χ0) is 31.1. The molecule has 1 saturated carbocycles. The number of hydrogen-bond donors (Lipinski definition) is 5. The molecule has 45 heavy (non-hydrogen) atoms. The van der Waals surface area contributed by atoms with Crippen LogP contribution in [-0.2, 0) is 15.1 Å². The summed E-state index contributed by atoms with van der Waals surface area (Å²) in [6.07, 6.45) is 3.58. The molecule has 2 aliphatic carbocycles. The number of aromatic hydroxyl groups is 2. The van der Waals surface area contributed by atoms with Crippen LogP contribution in [0.5, 0.6) is 23.0 Å². The van der Waals surface area contributed by atoms with Crippen LogP contribution in [0.2, 0.25) is 0 Å². The number of ether oxygens (including phenoxy) is 3. The van der Waals surface area contributed by atoms with Gasteiger partial charge in [0.15, 0.2) is 10.7 Å². The Kier molecular flexibility index (Phi) is 7.37. The fraction of sp³-hybridized carbons (Fsp3) is 0.324. The van der Waals surface area contributed by atoms with Crippen molar-refractivity contribution in [3.8, 4) is 34.8 Å². The standard InChI is InChI=1S/C34H31N3O7S/c38-20-8-11-27-29(16-20)43-30-17-21(39)9-12-28(30)34(27)26-10-7-19(15-24(26)31(40)44-34)37-32(45)35-13-14-36-33(41)42-18-25-22-5-3-1-2-4-6-23(22)25/h7-12,15-17,22-23,25,38-39H,3-6,13-14,18H2,(H,36,41)(H2,35,37,45)/t22-,23+,25?. The van der Waals surface area contributed by atoms with Gasteiger partial charge in [-0.2, -0.15) is 0 Å². The molecule has 3 aromatic rings. The van der Waals surface area contributed by atoms with E-state index in [1.165, 1.54) is 24.3 Å². The number of esters is 1. The Hall–Kier alpha value is -4.95. The molecule has 2 heterocycles. The number of thiocarbonyl (C=S) groups is 1. The predicted octanol–water partition coefficient (Wildman–Crippen LogP) is 5.12. The second kappa shape index (κ2) is 11.5. The van der Waals surface area contributed by atoms with Crippen LogP contribution in [0, 0.1) is 29.6 Å². The van der Waals surface area contributed by atoms with Crippen LogP contribution in [0.15, 0.2) is 54.6 Å². The smallest absolute Gasteiger partial charge is 0.407 e. The topological polar surface area (TPSA) is 138 Å². The van der Waals surface area contributed by atoms with E-state index in [-0.39, 0.29) is 11.5 Å². The molecule has 0 aromatic heterocycles. The van der Waals surface area contributed by atoms with Crippen molar-refractivity contribution in [2.75, 3.05) is 25.0 Å². The number of carbonyl (C=O) groups excluding carboxylic acids is 2. The zero-order valence-electron chi connectivity index (χ0n) is 24.2. The molecule has 3 aromatic carbocycles. The van der Waals surface area contributed by atoms with Gasteiger partial charge in [-0.1, -0.05) is 6.07 Å². The lowest BCUT2D eigenvalue weighted by molar-refractivity contribution is 0.0224. The van der Waals surface area contributed by atoms with Crippen molar-refractivity contribution in [1.82, 2.24) is 10.6 Å². The van der Waals surface area contributed by atoms with Crippen molar-refractivity contribution in [3.05, 3.63) is 76.9 Å². The van der Waals surface area contributed by atoms with Crippen LogP contribution in [0.4, 0.5) is 10.5 Å². The molecule has 5 N–H and O–H groups in total. The van der Waals surface area contributed by atoms with E-state index in [0.717, 1.165) is 25.7 Å². The number of nitrogens with one attached hydrogen (secondary N) is 3. The van der Waals surface area contributed by atoms with Crippen molar-refractivity contribution in [3.63, 3.8) is 0 Å². The first kappa shape index (κ1) is 28.8. The first-order valence-electron chi connectivity index (χ1n) is 15.0. The second-order valence-corrected chi connectivity index (χ2v) is 12.0. The molecule has 2 aliphatic heterocycles. The number of hydrogen-bond acceptors (Lipinski definition) is 8. The predicted molar refractivity (Wildman–Crippen MR) is 168 cm³/mol. The Morgan fingerprint density at radius 2 is 1.53 bits per heavy atom. The first-order valence-corrected chi connectivity index (χ1v) is 15.4. The van der Waals surface area contributed by atoms with Crippen molar-refractivity contribution >= 4 is 35.1 Å². The zero-order valence-corrected chi connectivity index (χ0v) is 25.0. The number of phenols is 2. The molecule has 1 fully saturated rings. The molecule has 0 bridgehead atoms. The summed E-state index contributed by atoms with van der Waals surface area (Å²) in [5.74, 6) is 8.12. The van der Waals surface area contributed by atoms with Crippen molar-refractivity contribution in [2.45, 2.75) is 31.3 Å². The van der Waals surface area contributed by atoms with E-state index in [4.69, 9.17) is 26.4 Å². The second-order valence-electron chi connectivity index (χ2n) is 11.6. The van der Waals surface area contributed by atoms with Crippen LogP contribution in [0.25, 0.3) is 0 Å². The van der Waals surface area contributed by atoms with Gasteiger partial charge in [-0.15, -0.1) is 11.8 Å². The summed E-state index contributed by atoms with van der Waals surface area (Å²) >= 11 is 5.44. The summed E-state index contributed by atoms with van der Waals surface area (Å²) in [7, 11) is 0. The molecular weight excluding hydrogens is 594 g/mol. The van der Waals surface area contributed by atoms with Crippen LogP contribution >= 0.6 is 12.2 Å². The lowest BCUT2D eigenvalue weighted by Gasteiger charge is -2.36. The monoisotopic (exact) mass is 625 g/mol. The van der Waals surface area contributed by atoms with Gasteiger partial charge in [0.25, 0.3) is 0 Å². The first-order chi connectivity index (χ1) is 21.8. The molecule has 11 heteroatoms. The number of alkyl carbamates (subject to hydrolysis) is 1. The summed E-state index contributed by atoms with van der Waals surface area (Å²) in [4.78, 5) is 25.5. The van der Waals surface area contributed by atoms with Crippen molar-refractivity contribution < 1.29 is 34.0 Å². The highest BCUT2D eigenvalue weighted by Crippen LogP contribution is 2.57. The van der Waals surface area contributed by atoms with Crippen molar-refractivity contribution in [2.24, 2.45) is 17.8 Å². The molecule has 7 rings (SSSR count). The van der Waals surface area contributed by atoms with E-state index in [9.17, 15) is 19.8 Å². The van der Waals surface area contributed by atoms with Gasteiger partial charge < -0.3 is 40.4 Å². The molecule has 0 saturated heterocycles. The Morgan fingerprint density at radius 1 is 0.911 bits per heavy atom. The minimum absolute atomic E-state index is 0.0120. The molecule has 0 radical (unpaired) electrons. The molecule has 1 unspecified atom stereocenters. The number of amides is 1. The Bertz CT molecular complexity index is 1710. The van der Waals surface area contributed by atoms with Gasteiger partial charge >= 0.3 is 12.1 Å². The van der Waals surface area contributed by atoms with Crippen molar-refractivity contribution in [1.29, 1.82) is 0 Å². The van der Waals surface area contributed by atoms with Gasteiger partial charge in [-0.05, 0) is 79.2 Å².